The van der Waals surface area contributed by atoms with E-state index in [1.807, 2.05) is 6.07 Å². The number of carbonyl (C=O) groups is 1. The highest BCUT2D eigenvalue weighted by molar-refractivity contribution is 9.10. The summed E-state index contributed by atoms with van der Waals surface area (Å²) in [6.45, 7) is 0. The van der Waals surface area contributed by atoms with Crippen molar-refractivity contribution in [3.05, 3.63) is 45.0 Å². The fourth-order valence-electron chi connectivity index (χ4n) is 0.843. The van der Waals surface area contributed by atoms with Crippen molar-refractivity contribution in [1.29, 1.82) is 0 Å². The molecule has 0 aliphatic rings. The van der Waals surface area contributed by atoms with Gasteiger partial charge in [-0.1, -0.05) is 35.3 Å². The molecule has 0 heterocycles. The Balaban J connectivity index is 2.80. The normalized spacial score (nSPS) is 9.36. The predicted octanol–water partition coefficient (Wildman–Crippen LogP) is 3.46. The lowest BCUT2D eigenvalue weighted by atomic mass is 10.2. The number of halogens is 3. The van der Waals surface area contributed by atoms with Crippen molar-refractivity contribution in [2.45, 2.75) is 0 Å². The molecule has 0 aliphatic carbocycles. The van der Waals surface area contributed by atoms with Gasteiger partial charge in [0.2, 0.25) is 0 Å². The summed E-state index contributed by atoms with van der Waals surface area (Å²) in [5.41, 5.74) is 0.526. The van der Waals surface area contributed by atoms with Gasteiger partial charge in [-0.3, -0.25) is 4.79 Å². The Morgan fingerprint density at radius 2 is 2.00 bits per heavy atom. The van der Waals surface area contributed by atoms with E-state index in [1.54, 1.807) is 18.2 Å². The highest BCUT2D eigenvalue weighted by atomic mass is 79.9. The van der Waals surface area contributed by atoms with Crippen molar-refractivity contribution in [3.8, 4) is 0 Å². The molecule has 1 N–H and O–H groups in total. The number of hydrogen-bond donors (Lipinski definition) is 1. The molecular formula is C9H6BrCl2NO. The Morgan fingerprint density at radius 1 is 1.36 bits per heavy atom. The molecule has 1 amide bonds. The summed E-state index contributed by atoms with van der Waals surface area (Å²) in [6.07, 6.45) is 1.23. The molecule has 2 nitrogen and oxygen atoms in total. The molecule has 1 aromatic rings. The topological polar surface area (TPSA) is 29.1 Å². The van der Waals surface area contributed by atoms with Crippen LogP contribution in [-0.2, 0) is 0 Å². The molecule has 0 aromatic heterocycles. The molecule has 5 heteroatoms. The highest BCUT2D eigenvalue weighted by Gasteiger charge is 2.06. The minimum Gasteiger partial charge on any atom is -0.326 e. The smallest absolute Gasteiger partial charge is 0.256 e. The van der Waals surface area contributed by atoms with Crippen molar-refractivity contribution in [2.24, 2.45) is 0 Å². The fourth-order valence-corrected chi connectivity index (χ4v) is 1.42. The standard InChI is InChI=1S/C9H6BrCl2NO/c10-7-4-2-1-3-6(7)9(14)13-5-8(11)12/h1-5H,(H,13,14). The zero-order chi connectivity index (χ0) is 10.6. The van der Waals surface area contributed by atoms with Gasteiger partial charge in [0.25, 0.3) is 5.91 Å². The van der Waals surface area contributed by atoms with Crippen LogP contribution in [0.4, 0.5) is 0 Å². The number of rotatable bonds is 2. The summed E-state index contributed by atoms with van der Waals surface area (Å²) in [5.74, 6) is -0.267. The Morgan fingerprint density at radius 3 is 2.57 bits per heavy atom. The quantitative estimate of drug-likeness (QED) is 0.889. The van der Waals surface area contributed by atoms with Gasteiger partial charge < -0.3 is 5.32 Å². The molecule has 14 heavy (non-hydrogen) atoms. The van der Waals surface area contributed by atoms with E-state index in [9.17, 15) is 4.79 Å². The third-order valence-corrected chi connectivity index (χ3v) is 2.34. The predicted molar refractivity (Wildman–Crippen MR) is 61.4 cm³/mol. The molecule has 0 aliphatic heterocycles. The fraction of sp³-hybridized carbons (Fsp3) is 0. The first-order valence-corrected chi connectivity index (χ1v) is 5.22. The molecule has 0 atom stereocenters. The van der Waals surface area contributed by atoms with Crippen LogP contribution in [0.3, 0.4) is 0 Å². The summed E-state index contributed by atoms with van der Waals surface area (Å²) in [7, 11) is 0. The number of nitrogens with one attached hydrogen (secondary N) is 1. The van der Waals surface area contributed by atoms with E-state index in [-0.39, 0.29) is 10.4 Å². The SMILES string of the molecule is O=C(NC=C(Cl)Cl)c1ccccc1Br. The minimum atomic E-state index is -0.267. The summed E-state index contributed by atoms with van der Waals surface area (Å²) >= 11 is 14.0. The summed E-state index contributed by atoms with van der Waals surface area (Å²) < 4.78 is 0.724. The Hall–Kier alpha value is -0.510. The Kier molecular flexibility index (Phi) is 4.45. The van der Waals surface area contributed by atoms with Crippen molar-refractivity contribution < 1.29 is 4.79 Å². The maximum absolute atomic E-state index is 11.5. The van der Waals surface area contributed by atoms with Gasteiger partial charge in [-0.15, -0.1) is 0 Å². The van der Waals surface area contributed by atoms with Crippen LogP contribution in [0, 0.1) is 0 Å². The summed E-state index contributed by atoms with van der Waals surface area (Å²) in [6, 6.07) is 7.06. The van der Waals surface area contributed by atoms with Gasteiger partial charge in [-0.25, -0.2) is 0 Å². The Labute approximate surface area is 100 Å². The molecule has 1 aromatic carbocycles. The van der Waals surface area contributed by atoms with Gasteiger partial charge in [-0.2, -0.15) is 0 Å². The van der Waals surface area contributed by atoms with E-state index >= 15 is 0 Å². The van der Waals surface area contributed by atoms with Crippen molar-refractivity contribution >= 4 is 45.0 Å². The molecule has 1 rings (SSSR count). The van der Waals surface area contributed by atoms with Crippen LogP contribution >= 0.6 is 39.1 Å². The summed E-state index contributed by atoms with van der Waals surface area (Å²) in [4.78, 5) is 11.5. The zero-order valence-electron chi connectivity index (χ0n) is 6.93. The van der Waals surface area contributed by atoms with Gasteiger partial charge in [0.1, 0.15) is 4.49 Å². The number of benzene rings is 1. The van der Waals surface area contributed by atoms with E-state index in [0.29, 0.717) is 5.56 Å². The van der Waals surface area contributed by atoms with Crippen LogP contribution in [0.25, 0.3) is 0 Å². The second kappa shape index (κ2) is 5.39. The third-order valence-electron chi connectivity index (χ3n) is 1.43. The van der Waals surface area contributed by atoms with E-state index in [4.69, 9.17) is 23.2 Å². The van der Waals surface area contributed by atoms with E-state index in [0.717, 1.165) is 4.47 Å². The third kappa shape index (κ3) is 3.33. The maximum Gasteiger partial charge on any atom is 0.256 e. The number of amides is 1. The molecule has 0 bridgehead atoms. The lowest BCUT2D eigenvalue weighted by Gasteiger charge is -2.01. The van der Waals surface area contributed by atoms with Crippen LogP contribution in [0.15, 0.2) is 39.4 Å². The molecule has 0 saturated heterocycles. The Bertz CT molecular complexity index is 375. The monoisotopic (exact) mass is 293 g/mol. The average molecular weight is 295 g/mol. The van der Waals surface area contributed by atoms with Crippen molar-refractivity contribution in [1.82, 2.24) is 5.32 Å². The average Bonchev–Trinajstić information content (AvgIpc) is 2.15. The first kappa shape index (κ1) is 11.6. The largest absolute Gasteiger partial charge is 0.326 e. The number of hydrogen-bond acceptors (Lipinski definition) is 1. The molecule has 0 unspecified atom stereocenters. The van der Waals surface area contributed by atoms with Crippen molar-refractivity contribution in [3.63, 3.8) is 0 Å². The van der Waals surface area contributed by atoms with E-state index in [1.165, 1.54) is 6.20 Å². The lowest BCUT2D eigenvalue weighted by molar-refractivity contribution is 0.0969. The van der Waals surface area contributed by atoms with Gasteiger partial charge >= 0.3 is 0 Å². The zero-order valence-corrected chi connectivity index (χ0v) is 10.0. The van der Waals surface area contributed by atoms with Crippen LogP contribution in [-0.4, -0.2) is 5.91 Å². The van der Waals surface area contributed by atoms with Crippen LogP contribution in [0.1, 0.15) is 10.4 Å². The second-order valence-electron chi connectivity index (χ2n) is 2.39. The molecule has 0 radical (unpaired) electrons. The molecular weight excluding hydrogens is 289 g/mol. The highest BCUT2D eigenvalue weighted by Crippen LogP contribution is 2.15. The summed E-state index contributed by atoms with van der Waals surface area (Å²) in [5, 5.41) is 2.44. The molecule has 0 saturated carbocycles. The molecule has 74 valence electrons. The van der Waals surface area contributed by atoms with Gasteiger partial charge in [0.15, 0.2) is 0 Å². The van der Waals surface area contributed by atoms with E-state index < -0.39 is 0 Å². The minimum absolute atomic E-state index is 0.00500. The first-order valence-electron chi connectivity index (χ1n) is 3.68. The van der Waals surface area contributed by atoms with Crippen molar-refractivity contribution in [2.75, 3.05) is 0 Å². The first-order chi connectivity index (χ1) is 6.61. The second-order valence-corrected chi connectivity index (χ2v) is 4.25. The molecule has 0 spiro atoms. The van der Waals surface area contributed by atoms with Gasteiger partial charge in [0.05, 0.1) is 5.56 Å². The van der Waals surface area contributed by atoms with Crippen LogP contribution < -0.4 is 5.32 Å². The number of carbonyl (C=O) groups excluding carboxylic acids is 1. The van der Waals surface area contributed by atoms with Gasteiger partial charge in [-0.05, 0) is 28.1 Å². The van der Waals surface area contributed by atoms with E-state index in [2.05, 4.69) is 21.2 Å². The van der Waals surface area contributed by atoms with Gasteiger partial charge in [0, 0.05) is 10.7 Å². The molecule has 0 fully saturated rings. The maximum atomic E-state index is 11.5. The van der Waals surface area contributed by atoms with Crippen LogP contribution in [0.2, 0.25) is 0 Å². The lowest BCUT2D eigenvalue weighted by Crippen LogP contribution is -2.17. The van der Waals surface area contributed by atoms with Crippen LogP contribution in [0.5, 0.6) is 0 Å².